The monoisotopic (exact) mass is 217 g/mol. The third-order valence-corrected chi connectivity index (χ3v) is 2.03. The van der Waals surface area contributed by atoms with Crippen LogP contribution >= 0.6 is 11.6 Å². The van der Waals surface area contributed by atoms with Crippen LogP contribution in [-0.4, -0.2) is 19.7 Å². The molecule has 14 heavy (non-hydrogen) atoms. The van der Waals surface area contributed by atoms with E-state index in [2.05, 4.69) is 5.32 Å². The zero-order valence-electron chi connectivity index (χ0n) is 8.18. The van der Waals surface area contributed by atoms with Gasteiger partial charge in [-0.2, -0.15) is 0 Å². The van der Waals surface area contributed by atoms with Crippen molar-refractivity contribution in [3.63, 3.8) is 0 Å². The normalized spacial score (nSPS) is 12.6. The van der Waals surface area contributed by atoms with Gasteiger partial charge in [0.15, 0.2) is 11.6 Å². The molecule has 78 valence electrons. The van der Waals surface area contributed by atoms with Gasteiger partial charge in [0.05, 0.1) is 5.02 Å². The Morgan fingerprint density at radius 3 is 2.93 bits per heavy atom. The second kappa shape index (κ2) is 5.17. The van der Waals surface area contributed by atoms with E-state index in [1.54, 1.807) is 12.1 Å². The van der Waals surface area contributed by atoms with Crippen LogP contribution in [0.15, 0.2) is 18.2 Å². The van der Waals surface area contributed by atoms with E-state index in [9.17, 15) is 4.39 Å². The molecule has 0 saturated carbocycles. The smallest absolute Gasteiger partial charge is 0.183 e. The highest BCUT2D eigenvalue weighted by Gasteiger charge is 2.10. The summed E-state index contributed by atoms with van der Waals surface area (Å²) in [5, 5.41) is 3.02. The number of ether oxygens (including phenoxy) is 1. The van der Waals surface area contributed by atoms with Crippen molar-refractivity contribution in [1.29, 1.82) is 0 Å². The summed E-state index contributed by atoms with van der Waals surface area (Å²) in [4.78, 5) is 0. The molecule has 1 unspecified atom stereocenters. The van der Waals surface area contributed by atoms with Crippen LogP contribution in [0.1, 0.15) is 6.92 Å². The fraction of sp³-hybridized carbons (Fsp3) is 0.400. The third kappa shape index (κ3) is 2.86. The highest BCUT2D eigenvalue weighted by Crippen LogP contribution is 2.24. The Hall–Kier alpha value is -0.800. The van der Waals surface area contributed by atoms with Gasteiger partial charge in [0.25, 0.3) is 0 Å². The lowest BCUT2D eigenvalue weighted by Crippen LogP contribution is -2.26. The number of hydrogen-bond donors (Lipinski definition) is 1. The molecule has 0 aliphatic rings. The van der Waals surface area contributed by atoms with Gasteiger partial charge in [-0.3, -0.25) is 0 Å². The first kappa shape index (κ1) is 11.3. The topological polar surface area (TPSA) is 21.3 Å². The molecule has 4 heteroatoms. The van der Waals surface area contributed by atoms with Crippen molar-refractivity contribution < 1.29 is 9.13 Å². The number of benzene rings is 1. The minimum atomic E-state index is -0.503. The van der Waals surface area contributed by atoms with Crippen LogP contribution in [0.4, 0.5) is 4.39 Å². The van der Waals surface area contributed by atoms with Crippen molar-refractivity contribution in [2.24, 2.45) is 0 Å². The maximum atomic E-state index is 13.3. The fourth-order valence-corrected chi connectivity index (χ4v) is 1.29. The summed E-state index contributed by atoms with van der Waals surface area (Å²) in [6.45, 7) is 2.52. The molecule has 1 rings (SSSR count). The molecular formula is C10H13ClFNO. The predicted octanol–water partition coefficient (Wildman–Crippen LogP) is 2.47. The van der Waals surface area contributed by atoms with Crippen molar-refractivity contribution in [3.05, 3.63) is 29.0 Å². The second-order valence-electron chi connectivity index (χ2n) is 3.04. The summed E-state index contributed by atoms with van der Waals surface area (Å²) in [6, 6.07) is 4.71. The summed E-state index contributed by atoms with van der Waals surface area (Å²) in [6.07, 6.45) is -0.0898. The van der Waals surface area contributed by atoms with Gasteiger partial charge in [-0.1, -0.05) is 17.7 Å². The van der Waals surface area contributed by atoms with Crippen LogP contribution in [0, 0.1) is 5.82 Å². The third-order valence-electron chi connectivity index (χ3n) is 1.74. The summed E-state index contributed by atoms with van der Waals surface area (Å²) >= 11 is 5.60. The highest BCUT2D eigenvalue weighted by atomic mass is 35.5. The quantitative estimate of drug-likeness (QED) is 0.837. The summed E-state index contributed by atoms with van der Waals surface area (Å²) in [5.74, 6) is -0.308. The molecule has 0 heterocycles. The van der Waals surface area contributed by atoms with Gasteiger partial charge in [-0.05, 0) is 26.1 Å². The average molecular weight is 218 g/mol. The molecule has 0 amide bonds. The largest absolute Gasteiger partial charge is 0.486 e. The van der Waals surface area contributed by atoms with E-state index in [1.165, 1.54) is 6.07 Å². The van der Waals surface area contributed by atoms with E-state index in [-0.39, 0.29) is 16.9 Å². The van der Waals surface area contributed by atoms with Crippen LogP contribution in [0.2, 0.25) is 5.02 Å². The Morgan fingerprint density at radius 2 is 2.29 bits per heavy atom. The molecule has 0 fully saturated rings. The molecule has 0 bridgehead atoms. The van der Waals surface area contributed by atoms with Gasteiger partial charge in [0.1, 0.15) is 6.10 Å². The SMILES string of the molecule is CNCC(C)Oc1cccc(Cl)c1F. The standard InChI is InChI=1S/C10H13ClFNO/c1-7(6-13-2)14-9-5-3-4-8(11)10(9)12/h3-5,7,13H,6H2,1-2H3. The van der Waals surface area contributed by atoms with Gasteiger partial charge in [0.2, 0.25) is 0 Å². The molecule has 0 radical (unpaired) electrons. The van der Waals surface area contributed by atoms with Crippen molar-refractivity contribution in [2.45, 2.75) is 13.0 Å². The van der Waals surface area contributed by atoms with Gasteiger partial charge in [-0.15, -0.1) is 0 Å². The van der Waals surface area contributed by atoms with Crippen molar-refractivity contribution in [3.8, 4) is 5.75 Å². The molecule has 1 aromatic rings. The van der Waals surface area contributed by atoms with Gasteiger partial charge < -0.3 is 10.1 Å². The first-order chi connectivity index (χ1) is 6.65. The van der Waals surface area contributed by atoms with E-state index in [0.29, 0.717) is 6.54 Å². The van der Waals surface area contributed by atoms with E-state index >= 15 is 0 Å². The minimum Gasteiger partial charge on any atom is -0.486 e. The first-order valence-electron chi connectivity index (χ1n) is 4.40. The van der Waals surface area contributed by atoms with Crippen LogP contribution in [-0.2, 0) is 0 Å². The zero-order chi connectivity index (χ0) is 10.6. The number of rotatable bonds is 4. The van der Waals surface area contributed by atoms with Crippen molar-refractivity contribution in [1.82, 2.24) is 5.32 Å². The molecule has 1 aromatic carbocycles. The van der Waals surface area contributed by atoms with Gasteiger partial charge in [0, 0.05) is 6.54 Å². The Labute approximate surface area is 88.0 Å². The van der Waals surface area contributed by atoms with Crippen LogP contribution in [0.25, 0.3) is 0 Å². The van der Waals surface area contributed by atoms with E-state index in [0.717, 1.165) is 0 Å². The predicted molar refractivity (Wildman–Crippen MR) is 55.4 cm³/mol. The number of nitrogens with one attached hydrogen (secondary N) is 1. The lowest BCUT2D eigenvalue weighted by Gasteiger charge is -2.14. The van der Waals surface area contributed by atoms with Gasteiger partial charge >= 0.3 is 0 Å². The second-order valence-corrected chi connectivity index (χ2v) is 3.45. The maximum Gasteiger partial charge on any atom is 0.183 e. The molecule has 0 aliphatic heterocycles. The summed E-state index contributed by atoms with van der Waals surface area (Å²) in [5.41, 5.74) is 0. The Morgan fingerprint density at radius 1 is 1.57 bits per heavy atom. The zero-order valence-corrected chi connectivity index (χ0v) is 8.94. The van der Waals surface area contributed by atoms with Crippen molar-refractivity contribution in [2.75, 3.05) is 13.6 Å². The Kier molecular flexibility index (Phi) is 4.17. The molecule has 0 aliphatic carbocycles. The Bertz CT molecular complexity index is 306. The summed E-state index contributed by atoms with van der Waals surface area (Å²) < 4.78 is 18.7. The molecule has 1 atom stereocenters. The minimum absolute atomic E-state index is 0.0826. The maximum absolute atomic E-state index is 13.3. The van der Waals surface area contributed by atoms with Crippen LogP contribution in [0.3, 0.4) is 0 Å². The highest BCUT2D eigenvalue weighted by molar-refractivity contribution is 6.30. The average Bonchev–Trinajstić information content (AvgIpc) is 2.13. The van der Waals surface area contributed by atoms with Crippen LogP contribution < -0.4 is 10.1 Å². The Balaban J connectivity index is 2.71. The molecular weight excluding hydrogens is 205 g/mol. The molecule has 0 aromatic heterocycles. The molecule has 0 saturated heterocycles. The number of halogens is 2. The fourth-order valence-electron chi connectivity index (χ4n) is 1.12. The lowest BCUT2D eigenvalue weighted by atomic mass is 10.3. The molecule has 0 spiro atoms. The van der Waals surface area contributed by atoms with Crippen LogP contribution in [0.5, 0.6) is 5.75 Å². The van der Waals surface area contributed by atoms with E-state index in [4.69, 9.17) is 16.3 Å². The molecule has 2 nitrogen and oxygen atoms in total. The number of likely N-dealkylation sites (N-methyl/N-ethyl adjacent to an activating group) is 1. The number of hydrogen-bond acceptors (Lipinski definition) is 2. The first-order valence-corrected chi connectivity index (χ1v) is 4.78. The van der Waals surface area contributed by atoms with Crippen molar-refractivity contribution >= 4 is 11.6 Å². The summed E-state index contributed by atoms with van der Waals surface area (Å²) in [7, 11) is 1.81. The van der Waals surface area contributed by atoms with Gasteiger partial charge in [-0.25, -0.2) is 4.39 Å². The lowest BCUT2D eigenvalue weighted by molar-refractivity contribution is 0.211. The molecule has 1 N–H and O–H groups in total. The van der Waals surface area contributed by atoms with E-state index < -0.39 is 5.82 Å². The van der Waals surface area contributed by atoms with E-state index in [1.807, 2.05) is 14.0 Å².